The minimum absolute atomic E-state index is 0.395. The number of nitrogens with zero attached hydrogens (tertiary/aromatic N) is 3. The summed E-state index contributed by atoms with van der Waals surface area (Å²) >= 11 is 1.32. The lowest BCUT2D eigenvalue weighted by molar-refractivity contribution is 0.489. The van der Waals surface area contributed by atoms with Gasteiger partial charge in [0, 0.05) is 0 Å². The maximum absolute atomic E-state index is 5.56. The quantitative estimate of drug-likeness (QED) is 0.745. The number of benzene rings is 1. The molecule has 84 valence electrons. The zero-order valence-electron chi connectivity index (χ0n) is 8.70. The third-order valence-corrected chi connectivity index (χ3v) is 2.90. The first-order valence-electron chi connectivity index (χ1n) is 4.94. The molecule has 3 rings (SSSR count). The van der Waals surface area contributed by atoms with E-state index in [0.29, 0.717) is 16.1 Å². The fraction of sp³-hybridized carbons (Fsp3) is 0. The third-order valence-electron chi connectivity index (χ3n) is 2.13. The van der Waals surface area contributed by atoms with Crippen LogP contribution in [0.2, 0.25) is 0 Å². The fourth-order valence-electron chi connectivity index (χ4n) is 1.37. The Bertz CT molecular complexity index is 617. The van der Waals surface area contributed by atoms with Gasteiger partial charge in [-0.2, -0.15) is 0 Å². The number of nitrogen functional groups attached to an aromatic ring is 1. The smallest absolute Gasteiger partial charge is 0.263 e. The molecule has 5 nitrogen and oxygen atoms in total. The van der Waals surface area contributed by atoms with Crippen molar-refractivity contribution in [1.82, 2.24) is 15.2 Å². The summed E-state index contributed by atoms with van der Waals surface area (Å²) in [6.45, 7) is 0. The standard InChI is InChI=1S/C11H8N4OS/c12-9-5-6-10(15-14-9)17-11-13-7-3-1-2-4-8(7)16-11/h1-6H,(H2,12,14). The number of rotatable bonds is 2. The van der Waals surface area contributed by atoms with Crippen LogP contribution >= 0.6 is 11.8 Å². The first-order valence-corrected chi connectivity index (χ1v) is 5.75. The molecule has 1 aromatic carbocycles. The molecule has 17 heavy (non-hydrogen) atoms. The summed E-state index contributed by atoms with van der Waals surface area (Å²) in [5, 5.41) is 8.94. The van der Waals surface area contributed by atoms with Gasteiger partial charge < -0.3 is 10.2 Å². The molecule has 3 aromatic rings. The predicted molar refractivity (Wildman–Crippen MR) is 64.6 cm³/mol. The van der Waals surface area contributed by atoms with Crippen molar-refractivity contribution in [2.45, 2.75) is 10.2 Å². The van der Waals surface area contributed by atoms with E-state index < -0.39 is 0 Å². The summed E-state index contributed by atoms with van der Waals surface area (Å²) in [6.07, 6.45) is 0. The molecule has 0 aliphatic rings. The van der Waals surface area contributed by atoms with Gasteiger partial charge in [0.1, 0.15) is 16.4 Å². The lowest BCUT2D eigenvalue weighted by atomic mass is 10.3. The Kier molecular flexibility index (Phi) is 2.41. The summed E-state index contributed by atoms with van der Waals surface area (Å²) in [7, 11) is 0. The Balaban J connectivity index is 1.92. The van der Waals surface area contributed by atoms with E-state index in [4.69, 9.17) is 10.2 Å². The molecular formula is C11H8N4OS. The van der Waals surface area contributed by atoms with Crippen LogP contribution in [-0.2, 0) is 0 Å². The van der Waals surface area contributed by atoms with Crippen LogP contribution in [0.1, 0.15) is 0 Å². The molecule has 0 radical (unpaired) electrons. The average molecular weight is 244 g/mol. The Morgan fingerprint density at radius 3 is 2.71 bits per heavy atom. The molecule has 2 heterocycles. The molecule has 0 spiro atoms. The van der Waals surface area contributed by atoms with E-state index in [9.17, 15) is 0 Å². The summed E-state index contributed by atoms with van der Waals surface area (Å²) < 4.78 is 5.56. The highest BCUT2D eigenvalue weighted by molar-refractivity contribution is 7.99. The molecule has 0 saturated carbocycles. The van der Waals surface area contributed by atoms with Crippen LogP contribution in [-0.4, -0.2) is 15.2 Å². The number of para-hydroxylation sites is 2. The lowest BCUT2D eigenvalue weighted by Crippen LogP contribution is -1.92. The number of fused-ring (bicyclic) bond motifs is 1. The molecule has 0 aliphatic heterocycles. The van der Waals surface area contributed by atoms with E-state index in [1.54, 1.807) is 12.1 Å². The minimum Gasteiger partial charge on any atom is -0.431 e. The van der Waals surface area contributed by atoms with Crippen molar-refractivity contribution in [1.29, 1.82) is 0 Å². The van der Waals surface area contributed by atoms with E-state index in [2.05, 4.69) is 15.2 Å². The topological polar surface area (TPSA) is 77.8 Å². The van der Waals surface area contributed by atoms with Gasteiger partial charge in [-0.3, -0.25) is 0 Å². The monoisotopic (exact) mass is 244 g/mol. The van der Waals surface area contributed by atoms with Gasteiger partial charge in [-0.15, -0.1) is 10.2 Å². The van der Waals surface area contributed by atoms with Crippen LogP contribution in [0.5, 0.6) is 0 Å². The van der Waals surface area contributed by atoms with E-state index >= 15 is 0 Å². The second-order valence-corrected chi connectivity index (χ2v) is 4.32. The minimum atomic E-state index is 0.395. The van der Waals surface area contributed by atoms with Crippen LogP contribution in [0, 0.1) is 0 Å². The number of oxazole rings is 1. The molecule has 2 aromatic heterocycles. The molecule has 0 bridgehead atoms. The summed E-state index contributed by atoms with van der Waals surface area (Å²) in [5.41, 5.74) is 7.05. The SMILES string of the molecule is Nc1ccc(Sc2nc3ccccc3o2)nn1. The molecule has 0 aliphatic carbocycles. The van der Waals surface area contributed by atoms with Crippen molar-refractivity contribution in [3.63, 3.8) is 0 Å². The van der Waals surface area contributed by atoms with Gasteiger partial charge in [0.25, 0.3) is 5.22 Å². The molecule has 0 amide bonds. The van der Waals surface area contributed by atoms with Crippen LogP contribution in [0.3, 0.4) is 0 Å². The first kappa shape index (κ1) is 10.1. The summed E-state index contributed by atoms with van der Waals surface area (Å²) in [4.78, 5) is 4.33. The summed E-state index contributed by atoms with van der Waals surface area (Å²) in [5.74, 6) is 0.395. The van der Waals surface area contributed by atoms with Gasteiger partial charge in [0.05, 0.1) is 0 Å². The van der Waals surface area contributed by atoms with E-state index in [0.717, 1.165) is 11.1 Å². The summed E-state index contributed by atoms with van der Waals surface area (Å²) in [6, 6.07) is 11.1. The van der Waals surface area contributed by atoms with Crippen molar-refractivity contribution in [3.8, 4) is 0 Å². The van der Waals surface area contributed by atoms with Crippen LogP contribution < -0.4 is 5.73 Å². The Morgan fingerprint density at radius 1 is 1.06 bits per heavy atom. The van der Waals surface area contributed by atoms with Crippen LogP contribution in [0.25, 0.3) is 11.1 Å². The molecule has 6 heteroatoms. The third kappa shape index (κ3) is 2.07. The molecule has 0 fully saturated rings. The first-order chi connectivity index (χ1) is 8.31. The molecule has 0 atom stereocenters. The van der Waals surface area contributed by atoms with E-state index in [1.807, 2.05) is 24.3 Å². The zero-order valence-corrected chi connectivity index (χ0v) is 9.52. The zero-order chi connectivity index (χ0) is 11.7. The van der Waals surface area contributed by atoms with Gasteiger partial charge in [-0.1, -0.05) is 12.1 Å². The average Bonchev–Trinajstić information content (AvgIpc) is 2.74. The normalized spacial score (nSPS) is 10.8. The molecule has 0 unspecified atom stereocenters. The van der Waals surface area contributed by atoms with Crippen molar-refractivity contribution < 1.29 is 4.42 Å². The fourth-order valence-corrected chi connectivity index (χ4v) is 2.04. The van der Waals surface area contributed by atoms with Gasteiger partial charge >= 0.3 is 0 Å². The number of hydrogen-bond donors (Lipinski definition) is 1. The van der Waals surface area contributed by atoms with Crippen LogP contribution in [0.4, 0.5) is 5.82 Å². The van der Waals surface area contributed by atoms with Gasteiger partial charge in [-0.05, 0) is 36.0 Å². The highest BCUT2D eigenvalue weighted by Crippen LogP contribution is 2.28. The number of hydrogen-bond acceptors (Lipinski definition) is 6. The van der Waals surface area contributed by atoms with Crippen molar-refractivity contribution >= 4 is 28.7 Å². The largest absolute Gasteiger partial charge is 0.431 e. The van der Waals surface area contributed by atoms with E-state index in [-0.39, 0.29) is 0 Å². The Labute approximate surface area is 101 Å². The lowest BCUT2D eigenvalue weighted by Gasteiger charge is -1.94. The van der Waals surface area contributed by atoms with Gasteiger partial charge in [0.15, 0.2) is 5.58 Å². The number of aromatic nitrogens is 3. The van der Waals surface area contributed by atoms with Crippen molar-refractivity contribution in [2.75, 3.05) is 5.73 Å². The predicted octanol–water partition coefficient (Wildman–Crippen LogP) is 2.35. The van der Waals surface area contributed by atoms with Crippen molar-refractivity contribution in [3.05, 3.63) is 36.4 Å². The Hall–Kier alpha value is -2.08. The second-order valence-electron chi connectivity index (χ2n) is 3.35. The van der Waals surface area contributed by atoms with Gasteiger partial charge in [-0.25, -0.2) is 4.98 Å². The van der Waals surface area contributed by atoms with E-state index in [1.165, 1.54) is 11.8 Å². The number of nitrogens with two attached hydrogens (primary N) is 1. The van der Waals surface area contributed by atoms with Crippen LogP contribution in [0.15, 0.2) is 51.1 Å². The second kappa shape index (κ2) is 4.06. The van der Waals surface area contributed by atoms with Crippen molar-refractivity contribution in [2.24, 2.45) is 0 Å². The van der Waals surface area contributed by atoms with Gasteiger partial charge in [0.2, 0.25) is 0 Å². The number of anilines is 1. The highest BCUT2D eigenvalue weighted by Gasteiger charge is 2.07. The maximum atomic E-state index is 5.56. The maximum Gasteiger partial charge on any atom is 0.263 e. The Morgan fingerprint density at radius 2 is 1.94 bits per heavy atom. The molecule has 2 N–H and O–H groups in total. The molecule has 0 saturated heterocycles. The molecular weight excluding hydrogens is 236 g/mol. The highest BCUT2D eigenvalue weighted by atomic mass is 32.2.